The lowest BCUT2D eigenvalue weighted by molar-refractivity contribution is -0.120. The number of amides is 1. The Morgan fingerprint density at radius 3 is 2.59 bits per heavy atom. The van der Waals surface area contributed by atoms with Gasteiger partial charge < -0.3 is 10.2 Å². The van der Waals surface area contributed by atoms with E-state index in [-0.39, 0.29) is 24.2 Å². The van der Waals surface area contributed by atoms with Crippen LogP contribution in [0, 0.1) is 5.82 Å². The largest absolute Gasteiger partial charge is 0.374 e. The first-order chi connectivity index (χ1) is 14.1. The van der Waals surface area contributed by atoms with Crippen molar-refractivity contribution in [2.75, 3.05) is 38.1 Å². The average Bonchev–Trinajstić information content (AvgIpc) is 3.24. The molecule has 2 aliphatic heterocycles. The topological polar surface area (TPSA) is 35.6 Å². The molecule has 2 aromatic rings. The van der Waals surface area contributed by atoms with Crippen molar-refractivity contribution in [3.8, 4) is 0 Å². The predicted molar refractivity (Wildman–Crippen MR) is 115 cm³/mol. The van der Waals surface area contributed by atoms with Crippen molar-refractivity contribution in [3.05, 3.63) is 65.0 Å². The van der Waals surface area contributed by atoms with E-state index in [1.165, 1.54) is 48.2 Å². The fraction of sp³-hybridized carbons (Fsp3) is 0.458. The molecule has 0 spiro atoms. The van der Waals surface area contributed by atoms with E-state index in [1.807, 2.05) is 0 Å². The third-order valence-corrected chi connectivity index (χ3v) is 6.19. The summed E-state index contributed by atoms with van der Waals surface area (Å²) in [5, 5.41) is 3.13. The zero-order chi connectivity index (χ0) is 20.2. The van der Waals surface area contributed by atoms with Crippen molar-refractivity contribution in [2.24, 2.45) is 0 Å². The van der Waals surface area contributed by atoms with Gasteiger partial charge in [-0.15, -0.1) is 0 Å². The molecule has 0 unspecified atom stereocenters. The van der Waals surface area contributed by atoms with E-state index in [0.29, 0.717) is 6.54 Å². The van der Waals surface area contributed by atoms with Crippen molar-refractivity contribution in [3.63, 3.8) is 0 Å². The van der Waals surface area contributed by atoms with Crippen LogP contribution >= 0.6 is 0 Å². The maximum Gasteiger partial charge on any atom is 0.224 e. The lowest BCUT2D eigenvalue weighted by Gasteiger charge is -2.32. The number of carbonyl (C=O) groups excluding carboxylic acids is 1. The molecule has 1 N–H and O–H groups in total. The van der Waals surface area contributed by atoms with Gasteiger partial charge >= 0.3 is 0 Å². The Balaban J connectivity index is 1.46. The molecule has 4 rings (SSSR count). The highest BCUT2D eigenvalue weighted by molar-refractivity contribution is 5.78. The fourth-order valence-corrected chi connectivity index (χ4v) is 4.58. The smallest absolute Gasteiger partial charge is 0.224 e. The summed E-state index contributed by atoms with van der Waals surface area (Å²) in [7, 11) is 2.16. The van der Waals surface area contributed by atoms with Gasteiger partial charge in [-0.2, -0.15) is 0 Å². The molecule has 154 valence electrons. The first-order valence-corrected chi connectivity index (χ1v) is 10.7. The van der Waals surface area contributed by atoms with Gasteiger partial charge in [-0.25, -0.2) is 4.39 Å². The number of nitrogens with zero attached hydrogens (tertiary/aromatic N) is 2. The van der Waals surface area contributed by atoms with E-state index in [2.05, 4.69) is 40.4 Å². The monoisotopic (exact) mass is 395 g/mol. The highest BCUT2D eigenvalue weighted by Crippen LogP contribution is 2.31. The Morgan fingerprint density at radius 1 is 1.07 bits per heavy atom. The lowest BCUT2D eigenvalue weighted by atomic mass is 9.96. The Labute approximate surface area is 172 Å². The maximum atomic E-state index is 13.1. The number of hydrogen-bond donors (Lipinski definition) is 1. The molecular weight excluding hydrogens is 365 g/mol. The highest BCUT2D eigenvalue weighted by Gasteiger charge is 2.25. The molecule has 2 heterocycles. The second-order valence-electron chi connectivity index (χ2n) is 8.28. The van der Waals surface area contributed by atoms with E-state index < -0.39 is 0 Å². The number of rotatable bonds is 6. The summed E-state index contributed by atoms with van der Waals surface area (Å²) >= 11 is 0. The maximum absolute atomic E-state index is 13.1. The zero-order valence-corrected chi connectivity index (χ0v) is 17.2. The number of hydrogen-bond acceptors (Lipinski definition) is 3. The summed E-state index contributed by atoms with van der Waals surface area (Å²) in [6, 6.07) is 13.2. The van der Waals surface area contributed by atoms with Crippen molar-refractivity contribution in [1.29, 1.82) is 0 Å². The first kappa shape index (κ1) is 19.9. The Hall–Kier alpha value is -2.40. The standard InChI is InChI=1S/C24H30FN3O/c1-27-12-4-5-19-16-20(8-11-22(19)27)23(28-13-2-3-14-28)17-26-24(29)15-18-6-9-21(25)10-7-18/h6-11,16,23H,2-5,12-15,17H2,1H3,(H,26,29)/t23-/m0/s1. The van der Waals surface area contributed by atoms with Gasteiger partial charge in [0.2, 0.25) is 5.91 Å². The fourth-order valence-electron chi connectivity index (χ4n) is 4.58. The van der Waals surface area contributed by atoms with Crippen LogP contribution in [0.1, 0.15) is 42.0 Å². The van der Waals surface area contributed by atoms with E-state index in [1.54, 1.807) is 12.1 Å². The summed E-state index contributed by atoms with van der Waals surface area (Å²) < 4.78 is 13.1. The molecule has 0 radical (unpaired) electrons. The predicted octanol–water partition coefficient (Wildman–Crippen LogP) is 3.70. The molecule has 29 heavy (non-hydrogen) atoms. The SMILES string of the molecule is CN1CCCc2cc([C@H](CNC(=O)Cc3ccc(F)cc3)N3CCCC3)ccc21. The quantitative estimate of drug-likeness (QED) is 0.810. The number of nitrogens with one attached hydrogen (secondary N) is 1. The van der Waals surface area contributed by atoms with Crippen LogP contribution in [0.25, 0.3) is 0 Å². The molecule has 0 saturated carbocycles. The Morgan fingerprint density at radius 2 is 1.83 bits per heavy atom. The minimum atomic E-state index is -0.277. The number of likely N-dealkylation sites (tertiary alicyclic amines) is 1. The van der Waals surface area contributed by atoms with Gasteiger partial charge in [-0.05, 0) is 73.7 Å². The van der Waals surface area contributed by atoms with Crippen molar-refractivity contribution < 1.29 is 9.18 Å². The number of benzene rings is 2. The molecule has 1 amide bonds. The molecule has 5 heteroatoms. The Bertz CT molecular complexity index is 846. The number of anilines is 1. The van der Waals surface area contributed by atoms with Gasteiger partial charge in [0, 0.05) is 25.8 Å². The molecule has 1 fully saturated rings. The molecule has 1 saturated heterocycles. The first-order valence-electron chi connectivity index (χ1n) is 10.7. The minimum absolute atomic E-state index is 0.0153. The number of carbonyl (C=O) groups is 1. The van der Waals surface area contributed by atoms with Crippen LogP contribution < -0.4 is 10.2 Å². The van der Waals surface area contributed by atoms with E-state index >= 15 is 0 Å². The average molecular weight is 396 g/mol. The second-order valence-corrected chi connectivity index (χ2v) is 8.28. The number of aryl methyl sites for hydroxylation is 1. The summed E-state index contributed by atoms with van der Waals surface area (Å²) in [6.45, 7) is 3.88. The van der Waals surface area contributed by atoms with Gasteiger partial charge in [-0.1, -0.05) is 24.3 Å². The molecule has 2 aromatic carbocycles. The summed E-state index contributed by atoms with van der Waals surface area (Å²) in [6.07, 6.45) is 5.02. The molecule has 0 aliphatic carbocycles. The van der Waals surface area contributed by atoms with Crippen LogP contribution in [0.5, 0.6) is 0 Å². The Kier molecular flexibility index (Phi) is 6.14. The summed E-state index contributed by atoms with van der Waals surface area (Å²) in [4.78, 5) is 17.3. The van der Waals surface area contributed by atoms with Crippen LogP contribution in [0.15, 0.2) is 42.5 Å². The zero-order valence-electron chi connectivity index (χ0n) is 17.2. The van der Waals surface area contributed by atoms with Crippen molar-refractivity contribution in [2.45, 2.75) is 38.1 Å². The third kappa shape index (κ3) is 4.78. The third-order valence-electron chi connectivity index (χ3n) is 6.19. The molecule has 1 atom stereocenters. The van der Waals surface area contributed by atoms with Crippen LogP contribution in [-0.2, 0) is 17.6 Å². The molecular formula is C24H30FN3O. The van der Waals surface area contributed by atoms with Crippen molar-refractivity contribution >= 4 is 11.6 Å². The van der Waals surface area contributed by atoms with Gasteiger partial charge in [-0.3, -0.25) is 9.69 Å². The molecule has 0 bridgehead atoms. The summed E-state index contributed by atoms with van der Waals surface area (Å²) in [5.41, 5.74) is 4.88. The van der Waals surface area contributed by atoms with Crippen LogP contribution in [0.2, 0.25) is 0 Å². The second kappa shape index (κ2) is 8.95. The molecule has 4 nitrogen and oxygen atoms in total. The van der Waals surface area contributed by atoms with Gasteiger partial charge in [0.25, 0.3) is 0 Å². The lowest BCUT2D eigenvalue weighted by Crippen LogP contribution is -2.37. The highest BCUT2D eigenvalue weighted by atomic mass is 19.1. The van der Waals surface area contributed by atoms with Crippen molar-refractivity contribution in [1.82, 2.24) is 10.2 Å². The van der Waals surface area contributed by atoms with Gasteiger partial charge in [0.1, 0.15) is 5.82 Å². The molecule has 2 aliphatic rings. The van der Waals surface area contributed by atoms with Crippen LogP contribution in [0.4, 0.5) is 10.1 Å². The number of fused-ring (bicyclic) bond motifs is 1. The van der Waals surface area contributed by atoms with Gasteiger partial charge in [0.15, 0.2) is 0 Å². The number of halogens is 1. The van der Waals surface area contributed by atoms with Crippen LogP contribution in [0.3, 0.4) is 0 Å². The summed E-state index contributed by atoms with van der Waals surface area (Å²) in [5.74, 6) is -0.292. The normalized spacial score (nSPS) is 17.8. The van der Waals surface area contributed by atoms with E-state index in [0.717, 1.165) is 31.6 Å². The van der Waals surface area contributed by atoms with Crippen LogP contribution in [-0.4, -0.2) is 44.0 Å². The molecule has 0 aromatic heterocycles. The van der Waals surface area contributed by atoms with Gasteiger partial charge in [0.05, 0.1) is 12.5 Å². The minimum Gasteiger partial charge on any atom is -0.374 e. The van der Waals surface area contributed by atoms with E-state index in [9.17, 15) is 9.18 Å². The van der Waals surface area contributed by atoms with E-state index in [4.69, 9.17) is 0 Å².